The SMILES string of the molecule is O=C(COC(=O)Cc1csc(N2CCCC2=O)n1)Nc1ccccc1F. The van der Waals surface area contributed by atoms with Crippen LogP contribution in [0.1, 0.15) is 18.5 Å². The Morgan fingerprint density at radius 2 is 2.15 bits per heavy atom. The number of nitrogens with zero attached hydrogens (tertiary/aromatic N) is 2. The predicted octanol–water partition coefficient (Wildman–Crippen LogP) is 2.13. The van der Waals surface area contributed by atoms with Crippen LogP contribution < -0.4 is 10.2 Å². The summed E-state index contributed by atoms with van der Waals surface area (Å²) in [5, 5.41) is 4.57. The van der Waals surface area contributed by atoms with E-state index in [1.807, 2.05) is 0 Å². The number of para-hydroxylation sites is 1. The minimum atomic E-state index is -0.634. The second-order valence-corrected chi connectivity index (χ2v) is 6.47. The molecule has 9 heteroatoms. The lowest BCUT2D eigenvalue weighted by atomic mass is 10.3. The number of benzene rings is 1. The van der Waals surface area contributed by atoms with Crippen molar-refractivity contribution >= 4 is 39.9 Å². The second-order valence-electron chi connectivity index (χ2n) is 5.64. The van der Waals surface area contributed by atoms with E-state index >= 15 is 0 Å². The summed E-state index contributed by atoms with van der Waals surface area (Å²) in [4.78, 5) is 41.1. The Kier molecular flexibility index (Phi) is 5.57. The fourth-order valence-electron chi connectivity index (χ4n) is 2.45. The van der Waals surface area contributed by atoms with Gasteiger partial charge in [-0.25, -0.2) is 9.37 Å². The maximum atomic E-state index is 13.4. The lowest BCUT2D eigenvalue weighted by molar-refractivity contribution is -0.146. The Morgan fingerprint density at radius 3 is 2.88 bits per heavy atom. The zero-order valence-electron chi connectivity index (χ0n) is 13.7. The highest BCUT2D eigenvalue weighted by Crippen LogP contribution is 2.25. The van der Waals surface area contributed by atoms with Crippen LogP contribution in [0, 0.1) is 5.82 Å². The molecule has 1 fully saturated rings. The van der Waals surface area contributed by atoms with E-state index in [0.29, 0.717) is 23.8 Å². The molecule has 0 radical (unpaired) electrons. The molecule has 1 aromatic carbocycles. The molecule has 0 aliphatic carbocycles. The molecule has 1 N–H and O–H groups in total. The number of hydrogen-bond acceptors (Lipinski definition) is 6. The van der Waals surface area contributed by atoms with Crippen molar-refractivity contribution in [3.05, 3.63) is 41.2 Å². The molecule has 136 valence electrons. The number of esters is 1. The average Bonchev–Trinajstić information content (AvgIpc) is 3.24. The van der Waals surface area contributed by atoms with Crippen LogP contribution >= 0.6 is 11.3 Å². The van der Waals surface area contributed by atoms with Gasteiger partial charge in [-0.15, -0.1) is 11.3 Å². The van der Waals surface area contributed by atoms with Crippen LogP contribution in [-0.2, 0) is 25.5 Å². The number of hydrogen-bond donors (Lipinski definition) is 1. The van der Waals surface area contributed by atoms with Crippen molar-refractivity contribution in [3.63, 3.8) is 0 Å². The number of carbonyl (C=O) groups excluding carboxylic acids is 3. The van der Waals surface area contributed by atoms with Gasteiger partial charge in [0.2, 0.25) is 5.91 Å². The zero-order chi connectivity index (χ0) is 18.5. The maximum Gasteiger partial charge on any atom is 0.312 e. The smallest absolute Gasteiger partial charge is 0.312 e. The van der Waals surface area contributed by atoms with Crippen LogP contribution in [-0.4, -0.2) is 35.9 Å². The first kappa shape index (κ1) is 18.0. The number of amides is 2. The topological polar surface area (TPSA) is 88.6 Å². The highest BCUT2D eigenvalue weighted by Gasteiger charge is 2.24. The van der Waals surface area contributed by atoms with Crippen LogP contribution in [0.5, 0.6) is 0 Å². The van der Waals surface area contributed by atoms with Gasteiger partial charge in [-0.2, -0.15) is 0 Å². The second kappa shape index (κ2) is 8.05. The van der Waals surface area contributed by atoms with Gasteiger partial charge in [0.15, 0.2) is 11.7 Å². The van der Waals surface area contributed by atoms with Gasteiger partial charge in [-0.3, -0.25) is 19.3 Å². The zero-order valence-corrected chi connectivity index (χ0v) is 14.6. The van der Waals surface area contributed by atoms with E-state index in [2.05, 4.69) is 10.3 Å². The summed E-state index contributed by atoms with van der Waals surface area (Å²) in [5.41, 5.74) is 0.497. The van der Waals surface area contributed by atoms with Gasteiger partial charge in [0.05, 0.1) is 17.8 Å². The van der Waals surface area contributed by atoms with Crippen LogP contribution in [0.3, 0.4) is 0 Å². The lowest BCUT2D eigenvalue weighted by Crippen LogP contribution is -2.23. The van der Waals surface area contributed by atoms with E-state index in [4.69, 9.17) is 4.74 Å². The van der Waals surface area contributed by atoms with Crippen LogP contribution in [0.2, 0.25) is 0 Å². The molecular weight excluding hydrogens is 361 g/mol. The first-order chi connectivity index (χ1) is 12.5. The molecule has 2 heterocycles. The van der Waals surface area contributed by atoms with E-state index in [-0.39, 0.29) is 18.0 Å². The molecule has 2 amide bonds. The monoisotopic (exact) mass is 377 g/mol. The van der Waals surface area contributed by atoms with Gasteiger partial charge in [0.1, 0.15) is 5.82 Å². The van der Waals surface area contributed by atoms with Crippen LogP contribution in [0.4, 0.5) is 15.2 Å². The Balaban J connectivity index is 1.47. The minimum Gasteiger partial charge on any atom is -0.455 e. The lowest BCUT2D eigenvalue weighted by Gasteiger charge is -2.10. The molecule has 7 nitrogen and oxygen atoms in total. The number of thiazole rings is 1. The van der Waals surface area contributed by atoms with E-state index in [9.17, 15) is 18.8 Å². The van der Waals surface area contributed by atoms with E-state index in [0.717, 1.165) is 6.42 Å². The Morgan fingerprint density at radius 1 is 1.35 bits per heavy atom. The summed E-state index contributed by atoms with van der Waals surface area (Å²) in [6, 6.07) is 5.70. The number of carbonyl (C=O) groups is 3. The third-order valence-corrected chi connectivity index (χ3v) is 4.59. The molecular formula is C17H16FN3O4S. The van der Waals surface area contributed by atoms with E-state index < -0.39 is 24.3 Å². The highest BCUT2D eigenvalue weighted by atomic mass is 32.1. The molecule has 1 aliphatic rings. The molecule has 0 atom stereocenters. The van der Waals surface area contributed by atoms with Gasteiger partial charge in [-0.1, -0.05) is 12.1 Å². The molecule has 3 rings (SSSR count). The van der Waals surface area contributed by atoms with Crippen molar-refractivity contribution in [2.24, 2.45) is 0 Å². The molecule has 1 aromatic heterocycles. The molecule has 0 spiro atoms. The number of ether oxygens (including phenoxy) is 1. The number of halogens is 1. The molecule has 1 aliphatic heterocycles. The van der Waals surface area contributed by atoms with Crippen molar-refractivity contribution in [3.8, 4) is 0 Å². The predicted molar refractivity (Wildman–Crippen MR) is 93.4 cm³/mol. The largest absolute Gasteiger partial charge is 0.455 e. The molecule has 26 heavy (non-hydrogen) atoms. The Bertz CT molecular complexity index is 839. The third-order valence-electron chi connectivity index (χ3n) is 3.68. The maximum absolute atomic E-state index is 13.4. The van der Waals surface area contributed by atoms with Crippen molar-refractivity contribution in [2.45, 2.75) is 19.3 Å². The van der Waals surface area contributed by atoms with Crippen molar-refractivity contribution in [2.75, 3.05) is 23.4 Å². The van der Waals surface area contributed by atoms with Crippen molar-refractivity contribution < 1.29 is 23.5 Å². The van der Waals surface area contributed by atoms with Crippen molar-refractivity contribution in [1.29, 1.82) is 0 Å². The van der Waals surface area contributed by atoms with Gasteiger partial charge < -0.3 is 10.1 Å². The number of rotatable bonds is 6. The van der Waals surface area contributed by atoms with Gasteiger partial charge >= 0.3 is 5.97 Å². The van der Waals surface area contributed by atoms with Gasteiger partial charge in [-0.05, 0) is 18.6 Å². The van der Waals surface area contributed by atoms with E-state index in [1.54, 1.807) is 16.3 Å². The fourth-order valence-corrected chi connectivity index (χ4v) is 3.31. The summed E-state index contributed by atoms with van der Waals surface area (Å²) in [7, 11) is 0. The summed E-state index contributed by atoms with van der Waals surface area (Å²) in [6.45, 7) is 0.112. The minimum absolute atomic E-state index is 0.0213. The fraction of sp³-hybridized carbons (Fsp3) is 0.294. The number of aromatic nitrogens is 1. The van der Waals surface area contributed by atoms with Gasteiger partial charge in [0.25, 0.3) is 5.91 Å². The molecule has 1 saturated heterocycles. The molecule has 0 saturated carbocycles. The normalized spacial score (nSPS) is 13.7. The first-order valence-electron chi connectivity index (χ1n) is 7.97. The van der Waals surface area contributed by atoms with Crippen LogP contribution in [0.15, 0.2) is 29.6 Å². The summed E-state index contributed by atoms with van der Waals surface area (Å²) in [5.74, 6) is -1.81. The number of anilines is 2. The van der Waals surface area contributed by atoms with Crippen LogP contribution in [0.25, 0.3) is 0 Å². The first-order valence-corrected chi connectivity index (χ1v) is 8.85. The summed E-state index contributed by atoms with van der Waals surface area (Å²) >= 11 is 1.29. The standard InChI is InChI=1S/C17H16FN3O4S/c18-12-4-1-2-5-13(12)20-14(22)9-25-16(24)8-11-10-26-17(19-11)21-7-3-6-15(21)23/h1-2,4-5,10H,3,6-9H2,(H,20,22). The van der Waals surface area contributed by atoms with Crippen molar-refractivity contribution in [1.82, 2.24) is 4.98 Å². The van der Waals surface area contributed by atoms with E-state index in [1.165, 1.54) is 29.5 Å². The average molecular weight is 377 g/mol. The number of nitrogens with one attached hydrogen (secondary N) is 1. The third kappa shape index (κ3) is 4.42. The Labute approximate surface area is 152 Å². The summed E-state index contributed by atoms with van der Waals surface area (Å²) < 4.78 is 18.3. The van der Waals surface area contributed by atoms with Gasteiger partial charge in [0, 0.05) is 18.3 Å². The quantitative estimate of drug-likeness (QED) is 0.779. The highest BCUT2D eigenvalue weighted by molar-refractivity contribution is 7.14. The molecule has 0 bridgehead atoms. The Hall–Kier alpha value is -2.81. The molecule has 0 unspecified atom stereocenters. The molecule has 2 aromatic rings. The summed E-state index contributed by atoms with van der Waals surface area (Å²) in [6.07, 6.45) is 1.20.